The Balaban J connectivity index is 1.52. The number of aromatic nitrogens is 1. The fraction of sp³-hybridized carbons (Fsp3) is 0.429. The minimum atomic E-state index is -0.0984. The first-order chi connectivity index (χ1) is 13.3. The highest BCUT2D eigenvalue weighted by molar-refractivity contribution is 5.93. The summed E-state index contributed by atoms with van der Waals surface area (Å²) in [6, 6.07) is 11.9. The Hall–Kier alpha value is -2.44. The standard InChI is InChI=1S/C21H28N4O2/c1-2-3-4-7-13-27-17-25-16-24(19-10-5-6-11-20(19)25)15-23-21(26)18-9-8-12-22-14-18/h5-6,8-12,14H,2-4,7,13,15-17H2,1H3,(H,23,26)/p+1. The van der Waals surface area contributed by atoms with Crippen LogP contribution in [0.1, 0.15) is 43.0 Å². The van der Waals surface area contributed by atoms with E-state index in [1.54, 1.807) is 24.5 Å². The molecule has 0 spiro atoms. The summed E-state index contributed by atoms with van der Waals surface area (Å²) in [4.78, 5) is 19.7. The third-order valence-electron chi connectivity index (χ3n) is 4.78. The first kappa shape index (κ1) is 19.3. The topological polar surface area (TPSA) is 58.9 Å². The summed E-state index contributed by atoms with van der Waals surface area (Å²) in [6.07, 6.45) is 8.10. The number of quaternary nitrogens is 1. The fourth-order valence-electron chi connectivity index (χ4n) is 3.31. The van der Waals surface area contributed by atoms with E-state index in [4.69, 9.17) is 4.74 Å². The summed E-state index contributed by atoms with van der Waals surface area (Å²) in [7, 11) is 0. The van der Waals surface area contributed by atoms with Gasteiger partial charge < -0.3 is 10.1 Å². The first-order valence-electron chi connectivity index (χ1n) is 9.74. The number of carbonyl (C=O) groups is 1. The highest BCUT2D eigenvalue weighted by Gasteiger charge is 2.30. The molecule has 0 radical (unpaired) electrons. The van der Waals surface area contributed by atoms with Gasteiger partial charge in [-0.3, -0.25) is 19.6 Å². The molecule has 0 fully saturated rings. The van der Waals surface area contributed by atoms with Crippen LogP contribution in [0.4, 0.5) is 11.4 Å². The molecule has 27 heavy (non-hydrogen) atoms. The van der Waals surface area contributed by atoms with Crippen LogP contribution in [0.3, 0.4) is 0 Å². The van der Waals surface area contributed by atoms with Crippen LogP contribution in [-0.2, 0) is 4.74 Å². The Morgan fingerprint density at radius 2 is 2.11 bits per heavy atom. The Labute approximate surface area is 161 Å². The quantitative estimate of drug-likeness (QED) is 0.631. The molecule has 144 valence electrons. The van der Waals surface area contributed by atoms with Crippen LogP contribution in [0.5, 0.6) is 0 Å². The SMILES string of the molecule is CCCCCCOCN1C[NH+](CNC(=O)c2cccnc2)c2ccccc21. The van der Waals surface area contributed by atoms with Gasteiger partial charge in [-0.2, -0.15) is 0 Å². The zero-order chi connectivity index (χ0) is 18.9. The maximum Gasteiger partial charge on any atom is 0.257 e. The molecule has 0 aliphatic carbocycles. The molecule has 3 rings (SSSR count). The average molecular weight is 369 g/mol. The van der Waals surface area contributed by atoms with E-state index in [9.17, 15) is 4.79 Å². The monoisotopic (exact) mass is 369 g/mol. The Kier molecular flexibility index (Phi) is 7.19. The van der Waals surface area contributed by atoms with Gasteiger partial charge in [0.15, 0.2) is 19.0 Å². The predicted molar refractivity (Wildman–Crippen MR) is 106 cm³/mol. The molecule has 1 aliphatic heterocycles. The van der Waals surface area contributed by atoms with Gasteiger partial charge in [-0.25, -0.2) is 0 Å². The largest absolute Gasteiger partial charge is 0.361 e. The van der Waals surface area contributed by atoms with E-state index < -0.39 is 0 Å². The number of amides is 1. The second-order valence-corrected chi connectivity index (χ2v) is 6.84. The molecule has 1 aliphatic rings. The summed E-state index contributed by atoms with van der Waals surface area (Å²) in [5.74, 6) is -0.0984. The molecule has 6 heteroatoms. The Morgan fingerprint density at radius 1 is 1.22 bits per heavy atom. The van der Waals surface area contributed by atoms with Gasteiger partial charge in [0.05, 0.1) is 5.56 Å². The molecule has 1 aromatic carbocycles. The molecule has 2 N–H and O–H groups in total. The van der Waals surface area contributed by atoms with Crippen molar-refractivity contribution in [2.24, 2.45) is 0 Å². The van der Waals surface area contributed by atoms with Crippen LogP contribution < -0.4 is 15.1 Å². The van der Waals surface area contributed by atoms with Gasteiger partial charge in [-0.15, -0.1) is 0 Å². The number of para-hydroxylation sites is 2. The lowest BCUT2D eigenvalue weighted by Crippen LogP contribution is -3.08. The molecule has 0 bridgehead atoms. The number of hydrogen-bond acceptors (Lipinski definition) is 4. The van der Waals surface area contributed by atoms with Crippen LogP contribution in [-0.4, -0.2) is 37.6 Å². The molecule has 0 saturated carbocycles. The minimum Gasteiger partial charge on any atom is -0.361 e. The lowest BCUT2D eigenvalue weighted by Gasteiger charge is -2.18. The molecule has 6 nitrogen and oxygen atoms in total. The second kappa shape index (κ2) is 10.0. The van der Waals surface area contributed by atoms with E-state index >= 15 is 0 Å². The smallest absolute Gasteiger partial charge is 0.257 e. The van der Waals surface area contributed by atoms with Crippen molar-refractivity contribution in [1.29, 1.82) is 0 Å². The van der Waals surface area contributed by atoms with Gasteiger partial charge in [0.25, 0.3) is 5.91 Å². The van der Waals surface area contributed by atoms with Crippen molar-refractivity contribution >= 4 is 17.3 Å². The highest BCUT2D eigenvalue weighted by Crippen LogP contribution is 2.25. The van der Waals surface area contributed by atoms with Gasteiger partial charge in [0.2, 0.25) is 0 Å². The van der Waals surface area contributed by atoms with Gasteiger partial charge in [-0.1, -0.05) is 38.3 Å². The van der Waals surface area contributed by atoms with E-state index in [-0.39, 0.29) is 5.91 Å². The van der Waals surface area contributed by atoms with Crippen molar-refractivity contribution in [2.45, 2.75) is 32.6 Å². The lowest BCUT2D eigenvalue weighted by atomic mass is 10.2. The van der Waals surface area contributed by atoms with Crippen molar-refractivity contribution in [3.8, 4) is 0 Å². The highest BCUT2D eigenvalue weighted by atomic mass is 16.5. The fourth-order valence-corrected chi connectivity index (χ4v) is 3.31. The zero-order valence-corrected chi connectivity index (χ0v) is 16.0. The number of unbranched alkanes of at least 4 members (excludes halogenated alkanes) is 3. The minimum absolute atomic E-state index is 0.0984. The van der Waals surface area contributed by atoms with Crippen LogP contribution >= 0.6 is 0 Å². The van der Waals surface area contributed by atoms with E-state index in [0.29, 0.717) is 19.0 Å². The van der Waals surface area contributed by atoms with Crippen LogP contribution in [0.25, 0.3) is 0 Å². The predicted octanol–water partition coefficient (Wildman–Crippen LogP) is 2.32. The summed E-state index contributed by atoms with van der Waals surface area (Å²) >= 11 is 0. The second-order valence-electron chi connectivity index (χ2n) is 6.84. The maximum atomic E-state index is 12.3. The number of rotatable bonds is 10. The lowest BCUT2D eigenvalue weighted by molar-refractivity contribution is -0.828. The van der Waals surface area contributed by atoms with E-state index in [1.807, 2.05) is 12.1 Å². The summed E-state index contributed by atoms with van der Waals surface area (Å²) in [5, 5.41) is 3.01. The number of nitrogens with one attached hydrogen (secondary N) is 2. The first-order valence-corrected chi connectivity index (χ1v) is 9.74. The van der Waals surface area contributed by atoms with Crippen LogP contribution in [0, 0.1) is 0 Å². The third kappa shape index (κ3) is 5.28. The van der Waals surface area contributed by atoms with Crippen molar-refractivity contribution < 1.29 is 14.4 Å². The summed E-state index contributed by atoms with van der Waals surface area (Å²) < 4.78 is 5.88. The van der Waals surface area contributed by atoms with Crippen LogP contribution in [0.15, 0.2) is 48.8 Å². The Bertz CT molecular complexity index is 723. The summed E-state index contributed by atoms with van der Waals surface area (Å²) in [6.45, 7) is 4.90. The number of anilines is 1. The van der Waals surface area contributed by atoms with Gasteiger partial charge in [-0.05, 0) is 24.6 Å². The van der Waals surface area contributed by atoms with Crippen molar-refractivity contribution in [2.75, 3.05) is 31.6 Å². The molecule has 1 aromatic heterocycles. The molecule has 2 heterocycles. The van der Waals surface area contributed by atoms with Crippen LogP contribution in [0.2, 0.25) is 0 Å². The number of benzene rings is 1. The molecular formula is C21H29N4O2+. The van der Waals surface area contributed by atoms with Gasteiger partial charge in [0.1, 0.15) is 12.4 Å². The van der Waals surface area contributed by atoms with Crippen molar-refractivity contribution in [3.63, 3.8) is 0 Å². The van der Waals surface area contributed by atoms with Gasteiger partial charge >= 0.3 is 0 Å². The molecule has 1 atom stereocenters. The zero-order valence-electron chi connectivity index (χ0n) is 16.0. The average Bonchev–Trinajstić information content (AvgIpc) is 3.07. The molecule has 1 amide bonds. The maximum absolute atomic E-state index is 12.3. The van der Waals surface area contributed by atoms with Crippen molar-refractivity contribution in [1.82, 2.24) is 10.3 Å². The number of fused-ring (bicyclic) bond motifs is 1. The third-order valence-corrected chi connectivity index (χ3v) is 4.78. The summed E-state index contributed by atoms with van der Waals surface area (Å²) in [5.41, 5.74) is 2.95. The number of carbonyl (C=O) groups excluding carboxylic acids is 1. The number of nitrogens with zero attached hydrogens (tertiary/aromatic N) is 2. The normalized spacial score (nSPS) is 15.6. The van der Waals surface area contributed by atoms with E-state index in [1.165, 1.54) is 35.5 Å². The number of pyridine rings is 1. The molecular weight excluding hydrogens is 340 g/mol. The molecule has 0 saturated heterocycles. The van der Waals surface area contributed by atoms with Crippen molar-refractivity contribution in [3.05, 3.63) is 54.4 Å². The molecule has 1 unspecified atom stereocenters. The van der Waals surface area contributed by atoms with Gasteiger partial charge in [0, 0.05) is 25.1 Å². The Morgan fingerprint density at radius 3 is 2.93 bits per heavy atom. The number of ether oxygens (including phenoxy) is 1. The molecule has 2 aromatic rings. The van der Waals surface area contributed by atoms with E-state index in [2.05, 4.69) is 34.3 Å². The number of hydrogen-bond donors (Lipinski definition) is 2. The van der Waals surface area contributed by atoms with E-state index in [0.717, 1.165) is 19.7 Å².